The van der Waals surface area contributed by atoms with Crippen molar-refractivity contribution in [1.29, 1.82) is 0 Å². The Hall–Kier alpha value is -3.10. The number of benzene rings is 3. The second-order valence-corrected chi connectivity index (χ2v) is 8.83. The average Bonchev–Trinajstić information content (AvgIpc) is 2.77. The Kier molecular flexibility index (Phi) is 7.14. The molecule has 3 aromatic carbocycles. The number of sulfonamides is 1. The third kappa shape index (κ3) is 5.53. The highest BCUT2D eigenvalue weighted by Crippen LogP contribution is 2.26. The quantitative estimate of drug-likeness (QED) is 0.549. The lowest BCUT2D eigenvalue weighted by atomic mass is 10.2. The number of nitrogens with one attached hydrogen (secondary N) is 1. The number of nitrogens with zero attached hydrogens (tertiary/aromatic N) is 1. The number of ether oxygens (including phenoxy) is 1. The van der Waals surface area contributed by atoms with Crippen LogP contribution in [0.2, 0.25) is 5.02 Å². The van der Waals surface area contributed by atoms with Crippen LogP contribution < -0.4 is 14.4 Å². The van der Waals surface area contributed by atoms with Crippen molar-refractivity contribution in [3.63, 3.8) is 0 Å². The van der Waals surface area contributed by atoms with Crippen LogP contribution in [0.25, 0.3) is 0 Å². The lowest BCUT2D eigenvalue weighted by molar-refractivity contribution is -0.119. The third-order valence-corrected chi connectivity index (χ3v) is 6.52. The molecule has 162 valence electrons. The van der Waals surface area contributed by atoms with Gasteiger partial charge in [-0.05, 0) is 54.6 Å². The van der Waals surface area contributed by atoms with Gasteiger partial charge in [0.1, 0.15) is 18.1 Å². The van der Waals surface area contributed by atoms with E-state index in [0.29, 0.717) is 16.3 Å². The standard InChI is InChI=1S/C22H20ClFN2O4S/c1-30-19-10-12-20(13-11-19)31(28,29)26(18-8-6-17(23)7-9-18)15-22(27)25-14-16-4-2-3-5-21(16)24/h2-13H,14-15H2,1H3,(H,25,27). The minimum absolute atomic E-state index is 0.00912. The van der Waals surface area contributed by atoms with Gasteiger partial charge in [0, 0.05) is 17.1 Å². The van der Waals surface area contributed by atoms with E-state index in [9.17, 15) is 17.6 Å². The first-order valence-electron chi connectivity index (χ1n) is 9.24. The van der Waals surface area contributed by atoms with E-state index in [-0.39, 0.29) is 17.1 Å². The van der Waals surface area contributed by atoms with Crippen LogP contribution in [0.1, 0.15) is 5.56 Å². The largest absolute Gasteiger partial charge is 0.497 e. The summed E-state index contributed by atoms with van der Waals surface area (Å²) in [6.45, 7) is -0.563. The van der Waals surface area contributed by atoms with Gasteiger partial charge in [-0.3, -0.25) is 9.10 Å². The molecule has 31 heavy (non-hydrogen) atoms. The number of hydrogen-bond donors (Lipinski definition) is 1. The Bertz CT molecular complexity index is 1150. The molecule has 0 heterocycles. The SMILES string of the molecule is COc1ccc(S(=O)(=O)N(CC(=O)NCc2ccccc2F)c2ccc(Cl)cc2)cc1. The van der Waals surface area contributed by atoms with Gasteiger partial charge in [0.2, 0.25) is 5.91 Å². The minimum atomic E-state index is -4.08. The van der Waals surface area contributed by atoms with Gasteiger partial charge in [0.25, 0.3) is 10.0 Å². The van der Waals surface area contributed by atoms with Crippen LogP contribution >= 0.6 is 11.6 Å². The molecule has 9 heteroatoms. The molecule has 0 saturated carbocycles. The minimum Gasteiger partial charge on any atom is -0.497 e. The van der Waals surface area contributed by atoms with Gasteiger partial charge in [0.15, 0.2) is 0 Å². The highest BCUT2D eigenvalue weighted by molar-refractivity contribution is 7.92. The smallest absolute Gasteiger partial charge is 0.264 e. The second-order valence-electron chi connectivity index (χ2n) is 6.53. The van der Waals surface area contributed by atoms with Gasteiger partial charge in [-0.15, -0.1) is 0 Å². The zero-order valence-electron chi connectivity index (χ0n) is 16.6. The summed E-state index contributed by atoms with van der Waals surface area (Å²) < 4.78 is 46.4. The van der Waals surface area contributed by atoms with E-state index < -0.39 is 28.3 Å². The lowest BCUT2D eigenvalue weighted by Crippen LogP contribution is -2.40. The molecule has 0 radical (unpaired) electrons. The van der Waals surface area contributed by atoms with E-state index >= 15 is 0 Å². The number of carbonyl (C=O) groups is 1. The van der Waals surface area contributed by atoms with E-state index in [1.54, 1.807) is 18.2 Å². The molecule has 0 bridgehead atoms. The maximum Gasteiger partial charge on any atom is 0.264 e. The van der Waals surface area contributed by atoms with E-state index in [1.807, 2.05) is 0 Å². The van der Waals surface area contributed by atoms with E-state index in [2.05, 4.69) is 5.32 Å². The van der Waals surface area contributed by atoms with Crippen LogP contribution in [0.3, 0.4) is 0 Å². The Balaban J connectivity index is 1.86. The summed E-state index contributed by atoms with van der Waals surface area (Å²) in [6, 6.07) is 17.9. The first-order chi connectivity index (χ1) is 14.8. The van der Waals surface area contributed by atoms with Crippen LogP contribution in [0.15, 0.2) is 77.7 Å². The van der Waals surface area contributed by atoms with E-state index in [1.165, 1.54) is 61.7 Å². The number of methoxy groups -OCH3 is 1. The topological polar surface area (TPSA) is 75.7 Å². The molecular weight excluding hydrogens is 443 g/mol. The molecule has 0 aromatic heterocycles. The molecule has 6 nitrogen and oxygen atoms in total. The predicted molar refractivity (Wildman–Crippen MR) is 117 cm³/mol. The number of rotatable bonds is 8. The molecule has 0 atom stereocenters. The van der Waals surface area contributed by atoms with Crippen molar-refractivity contribution < 1.29 is 22.3 Å². The van der Waals surface area contributed by atoms with Gasteiger partial charge in [-0.25, -0.2) is 12.8 Å². The first kappa shape index (κ1) is 22.6. The molecule has 0 aliphatic heterocycles. The van der Waals surface area contributed by atoms with Gasteiger partial charge in [-0.1, -0.05) is 29.8 Å². The first-order valence-corrected chi connectivity index (χ1v) is 11.1. The molecule has 0 fully saturated rings. The van der Waals surface area contributed by atoms with Crippen molar-refractivity contribution in [3.05, 3.63) is 89.2 Å². The molecule has 0 saturated heterocycles. The van der Waals surface area contributed by atoms with Gasteiger partial charge in [-0.2, -0.15) is 0 Å². The molecule has 0 unspecified atom stereocenters. The Morgan fingerprint density at radius 1 is 1.03 bits per heavy atom. The van der Waals surface area contributed by atoms with Gasteiger partial charge >= 0.3 is 0 Å². The number of carbonyl (C=O) groups excluding carboxylic acids is 1. The van der Waals surface area contributed by atoms with E-state index in [4.69, 9.17) is 16.3 Å². The fourth-order valence-corrected chi connectivity index (χ4v) is 4.37. The molecule has 0 spiro atoms. The zero-order chi connectivity index (χ0) is 22.4. The fraction of sp³-hybridized carbons (Fsp3) is 0.136. The number of halogens is 2. The molecule has 1 N–H and O–H groups in total. The van der Waals surface area contributed by atoms with E-state index in [0.717, 1.165) is 4.31 Å². The summed E-state index contributed by atoms with van der Waals surface area (Å²) in [5.74, 6) is -0.543. The number of anilines is 1. The van der Waals surface area contributed by atoms with Crippen molar-refractivity contribution in [2.24, 2.45) is 0 Å². The van der Waals surface area contributed by atoms with Crippen molar-refractivity contribution in [3.8, 4) is 5.75 Å². The summed E-state index contributed by atoms with van der Waals surface area (Å²) in [6.07, 6.45) is 0. The predicted octanol–water partition coefficient (Wildman–Crippen LogP) is 4.00. The van der Waals surface area contributed by atoms with Gasteiger partial charge < -0.3 is 10.1 Å². The Morgan fingerprint density at radius 2 is 1.68 bits per heavy atom. The summed E-state index contributed by atoms with van der Waals surface area (Å²) in [5, 5.41) is 2.99. The van der Waals surface area contributed by atoms with Crippen molar-refractivity contribution in [1.82, 2.24) is 5.32 Å². The highest BCUT2D eigenvalue weighted by Gasteiger charge is 2.27. The highest BCUT2D eigenvalue weighted by atomic mass is 35.5. The Morgan fingerprint density at radius 3 is 2.29 bits per heavy atom. The van der Waals surface area contributed by atoms with Gasteiger partial charge in [0.05, 0.1) is 17.7 Å². The zero-order valence-corrected chi connectivity index (χ0v) is 18.2. The molecular formula is C22H20ClFN2O4S. The molecule has 0 aliphatic rings. The lowest BCUT2D eigenvalue weighted by Gasteiger charge is -2.24. The van der Waals surface area contributed by atoms with Crippen LogP contribution in [-0.4, -0.2) is 28.0 Å². The molecule has 0 aliphatic carbocycles. The molecule has 1 amide bonds. The second kappa shape index (κ2) is 9.80. The average molecular weight is 463 g/mol. The monoisotopic (exact) mass is 462 g/mol. The summed E-state index contributed by atoms with van der Waals surface area (Å²) in [4.78, 5) is 12.6. The number of amides is 1. The van der Waals surface area contributed by atoms with Crippen LogP contribution in [0, 0.1) is 5.82 Å². The third-order valence-electron chi connectivity index (χ3n) is 4.48. The van der Waals surface area contributed by atoms with Crippen LogP contribution in [0.5, 0.6) is 5.75 Å². The molecule has 3 rings (SSSR count). The normalized spacial score (nSPS) is 11.1. The maximum atomic E-state index is 13.8. The van der Waals surface area contributed by atoms with Crippen molar-refractivity contribution >= 4 is 33.2 Å². The maximum absolute atomic E-state index is 13.8. The molecule has 3 aromatic rings. The summed E-state index contributed by atoms with van der Waals surface area (Å²) in [7, 11) is -2.60. The summed E-state index contributed by atoms with van der Waals surface area (Å²) in [5.41, 5.74) is 0.563. The Labute approximate surface area is 185 Å². The summed E-state index contributed by atoms with van der Waals surface area (Å²) >= 11 is 5.92. The van der Waals surface area contributed by atoms with Crippen molar-refractivity contribution in [2.75, 3.05) is 18.0 Å². The van der Waals surface area contributed by atoms with Crippen molar-refractivity contribution in [2.45, 2.75) is 11.4 Å². The number of hydrogen-bond acceptors (Lipinski definition) is 4. The van der Waals surface area contributed by atoms with Crippen LogP contribution in [0.4, 0.5) is 10.1 Å². The van der Waals surface area contributed by atoms with Crippen LogP contribution in [-0.2, 0) is 21.4 Å². The fourth-order valence-electron chi connectivity index (χ4n) is 2.82.